The summed E-state index contributed by atoms with van der Waals surface area (Å²) in [5.74, 6) is 0.787. The van der Waals surface area contributed by atoms with Crippen molar-refractivity contribution in [3.63, 3.8) is 0 Å². The zero-order valence-electron chi connectivity index (χ0n) is 12.5. The Morgan fingerprint density at radius 3 is 2.65 bits per heavy atom. The van der Waals surface area contributed by atoms with Crippen LogP contribution in [0.4, 0.5) is 0 Å². The van der Waals surface area contributed by atoms with Crippen molar-refractivity contribution < 1.29 is 0 Å². The number of aromatic nitrogens is 2. The predicted molar refractivity (Wildman–Crippen MR) is 81.4 cm³/mol. The smallest absolute Gasteiger partial charge is 0.0537 e. The Morgan fingerprint density at radius 1 is 1.30 bits per heavy atom. The van der Waals surface area contributed by atoms with Gasteiger partial charge in [0.2, 0.25) is 0 Å². The molecule has 1 N–H and O–H groups in total. The van der Waals surface area contributed by atoms with Crippen molar-refractivity contribution in [3.05, 3.63) is 53.3 Å². The van der Waals surface area contributed by atoms with Gasteiger partial charge in [0.1, 0.15) is 0 Å². The first-order valence-corrected chi connectivity index (χ1v) is 7.45. The molecular formula is C17H23N3. The van der Waals surface area contributed by atoms with Gasteiger partial charge < -0.3 is 5.32 Å². The molecule has 1 heterocycles. The lowest BCUT2D eigenvalue weighted by atomic mass is 9.96. The summed E-state index contributed by atoms with van der Waals surface area (Å²) < 4.78 is 1.87. The summed E-state index contributed by atoms with van der Waals surface area (Å²) in [7, 11) is 1.97. The van der Waals surface area contributed by atoms with Crippen molar-refractivity contribution in [2.24, 2.45) is 13.0 Å². The Bertz CT molecular complexity index is 583. The van der Waals surface area contributed by atoms with E-state index in [0.29, 0.717) is 12.1 Å². The quantitative estimate of drug-likeness (QED) is 0.900. The van der Waals surface area contributed by atoms with Gasteiger partial charge in [-0.15, -0.1) is 0 Å². The molecule has 0 radical (unpaired) electrons. The van der Waals surface area contributed by atoms with Crippen LogP contribution in [0.3, 0.4) is 0 Å². The minimum absolute atomic E-state index is 0.328. The van der Waals surface area contributed by atoms with Crippen LogP contribution < -0.4 is 5.32 Å². The molecule has 1 aliphatic rings. The van der Waals surface area contributed by atoms with Crippen molar-refractivity contribution in [1.82, 2.24) is 15.1 Å². The lowest BCUT2D eigenvalue weighted by molar-refractivity contribution is 0.426. The number of nitrogens with zero attached hydrogens (tertiary/aromatic N) is 2. The number of aryl methyl sites for hydroxylation is 2. The van der Waals surface area contributed by atoms with E-state index in [1.54, 1.807) is 0 Å². The molecule has 0 saturated heterocycles. The molecule has 1 aliphatic carbocycles. The third-order valence-electron chi connectivity index (χ3n) is 4.27. The second kappa shape index (κ2) is 5.41. The van der Waals surface area contributed by atoms with Gasteiger partial charge in [0.25, 0.3) is 0 Å². The summed E-state index contributed by atoms with van der Waals surface area (Å²) in [6.07, 6.45) is 6.73. The zero-order chi connectivity index (χ0) is 14.1. The van der Waals surface area contributed by atoms with Gasteiger partial charge in [-0.05, 0) is 43.7 Å². The van der Waals surface area contributed by atoms with Gasteiger partial charge in [0, 0.05) is 30.9 Å². The van der Waals surface area contributed by atoms with E-state index in [9.17, 15) is 0 Å². The monoisotopic (exact) mass is 269 g/mol. The molecule has 1 saturated carbocycles. The Labute approximate surface area is 121 Å². The lowest BCUT2D eigenvalue weighted by Gasteiger charge is -2.24. The molecule has 1 fully saturated rings. The van der Waals surface area contributed by atoms with Crippen LogP contribution in [0.15, 0.2) is 36.7 Å². The van der Waals surface area contributed by atoms with Gasteiger partial charge in [0.15, 0.2) is 0 Å². The molecule has 0 bridgehead atoms. The maximum Gasteiger partial charge on any atom is 0.0537 e. The van der Waals surface area contributed by atoms with Gasteiger partial charge in [-0.2, -0.15) is 5.10 Å². The molecule has 0 amide bonds. The highest BCUT2D eigenvalue weighted by Crippen LogP contribution is 2.42. The standard InChI is InChI=1S/C17H23N3/c1-12-6-4-5-7-16(12)17(14-8-9-14)19-13(2)15-10-18-20(3)11-15/h4-7,10-11,13-14,17,19H,8-9H2,1-3H3/t13-,17-/m1/s1. The summed E-state index contributed by atoms with van der Waals surface area (Å²) in [5, 5.41) is 8.08. The fourth-order valence-electron chi connectivity index (χ4n) is 2.87. The Balaban J connectivity index is 1.80. The van der Waals surface area contributed by atoms with Crippen molar-refractivity contribution in [3.8, 4) is 0 Å². The average molecular weight is 269 g/mol. The molecule has 3 nitrogen and oxygen atoms in total. The minimum Gasteiger partial charge on any atom is -0.303 e. The first-order valence-electron chi connectivity index (χ1n) is 7.45. The normalized spacial score (nSPS) is 17.9. The third-order valence-corrected chi connectivity index (χ3v) is 4.27. The van der Waals surface area contributed by atoms with Crippen LogP contribution in [0.25, 0.3) is 0 Å². The van der Waals surface area contributed by atoms with E-state index in [0.717, 1.165) is 5.92 Å². The molecule has 0 unspecified atom stereocenters. The van der Waals surface area contributed by atoms with Crippen LogP contribution in [0, 0.1) is 12.8 Å². The topological polar surface area (TPSA) is 29.9 Å². The van der Waals surface area contributed by atoms with Crippen molar-refractivity contribution >= 4 is 0 Å². The van der Waals surface area contributed by atoms with E-state index in [1.807, 2.05) is 17.9 Å². The summed E-state index contributed by atoms with van der Waals surface area (Å²) in [4.78, 5) is 0. The van der Waals surface area contributed by atoms with Crippen LogP contribution >= 0.6 is 0 Å². The van der Waals surface area contributed by atoms with E-state index in [1.165, 1.54) is 29.5 Å². The maximum absolute atomic E-state index is 4.27. The molecular weight excluding hydrogens is 246 g/mol. The highest BCUT2D eigenvalue weighted by molar-refractivity contribution is 5.30. The van der Waals surface area contributed by atoms with E-state index in [-0.39, 0.29) is 0 Å². The number of hydrogen-bond acceptors (Lipinski definition) is 2. The molecule has 2 aromatic rings. The Morgan fingerprint density at radius 2 is 2.05 bits per heavy atom. The van der Waals surface area contributed by atoms with E-state index in [4.69, 9.17) is 0 Å². The number of hydrogen-bond donors (Lipinski definition) is 1. The second-order valence-corrected chi connectivity index (χ2v) is 6.01. The van der Waals surface area contributed by atoms with Gasteiger partial charge in [-0.25, -0.2) is 0 Å². The molecule has 0 aliphatic heterocycles. The fourth-order valence-corrected chi connectivity index (χ4v) is 2.87. The number of rotatable bonds is 5. The molecule has 0 spiro atoms. The largest absolute Gasteiger partial charge is 0.303 e. The summed E-state index contributed by atoms with van der Waals surface area (Å²) >= 11 is 0. The van der Waals surface area contributed by atoms with E-state index >= 15 is 0 Å². The highest BCUT2D eigenvalue weighted by Gasteiger charge is 2.33. The Hall–Kier alpha value is -1.61. The van der Waals surface area contributed by atoms with Gasteiger partial charge in [0.05, 0.1) is 6.20 Å². The molecule has 3 rings (SSSR count). The number of nitrogens with one attached hydrogen (secondary N) is 1. The van der Waals surface area contributed by atoms with Crippen molar-refractivity contribution in [1.29, 1.82) is 0 Å². The fraction of sp³-hybridized carbons (Fsp3) is 0.471. The second-order valence-electron chi connectivity index (χ2n) is 6.01. The first kappa shape index (κ1) is 13.4. The Kier molecular flexibility index (Phi) is 3.62. The molecule has 3 heteroatoms. The summed E-state index contributed by atoms with van der Waals surface area (Å²) in [6, 6.07) is 9.53. The van der Waals surface area contributed by atoms with E-state index in [2.05, 4.69) is 54.7 Å². The lowest BCUT2D eigenvalue weighted by Crippen LogP contribution is -2.26. The van der Waals surface area contributed by atoms with E-state index < -0.39 is 0 Å². The summed E-state index contributed by atoms with van der Waals surface area (Å²) in [5.41, 5.74) is 4.09. The molecule has 2 atom stereocenters. The van der Waals surface area contributed by atoms with Crippen LogP contribution in [0.1, 0.15) is 48.5 Å². The van der Waals surface area contributed by atoms with Crippen LogP contribution in [0.5, 0.6) is 0 Å². The van der Waals surface area contributed by atoms with Crippen LogP contribution in [-0.4, -0.2) is 9.78 Å². The summed E-state index contributed by atoms with van der Waals surface area (Å²) in [6.45, 7) is 4.44. The molecule has 1 aromatic carbocycles. The predicted octanol–water partition coefficient (Wildman–Crippen LogP) is 3.53. The maximum atomic E-state index is 4.27. The van der Waals surface area contributed by atoms with Gasteiger partial charge in [-0.3, -0.25) is 4.68 Å². The van der Waals surface area contributed by atoms with Crippen molar-refractivity contribution in [2.75, 3.05) is 0 Å². The molecule has 1 aromatic heterocycles. The zero-order valence-corrected chi connectivity index (χ0v) is 12.5. The average Bonchev–Trinajstić information content (AvgIpc) is 3.18. The minimum atomic E-state index is 0.328. The number of benzene rings is 1. The third kappa shape index (κ3) is 2.78. The van der Waals surface area contributed by atoms with Gasteiger partial charge in [-0.1, -0.05) is 24.3 Å². The van der Waals surface area contributed by atoms with Crippen LogP contribution in [-0.2, 0) is 7.05 Å². The highest BCUT2D eigenvalue weighted by atomic mass is 15.2. The van der Waals surface area contributed by atoms with Crippen LogP contribution in [0.2, 0.25) is 0 Å². The molecule has 20 heavy (non-hydrogen) atoms. The van der Waals surface area contributed by atoms with Gasteiger partial charge >= 0.3 is 0 Å². The molecule has 106 valence electrons. The first-order chi connectivity index (χ1) is 9.65. The SMILES string of the molecule is Cc1ccccc1[C@H](N[C@H](C)c1cnn(C)c1)C1CC1. The van der Waals surface area contributed by atoms with Crippen molar-refractivity contribution in [2.45, 2.75) is 38.8 Å².